The van der Waals surface area contributed by atoms with E-state index in [9.17, 15) is 14.4 Å². The fraction of sp³-hybridized carbons (Fsp3) is 0.727. The Morgan fingerprint density at radius 2 is 2.12 bits per heavy atom. The number of carbonyl (C=O) groups excluding carboxylic acids is 2. The molecule has 94 valence electrons. The van der Waals surface area contributed by atoms with E-state index >= 15 is 0 Å². The summed E-state index contributed by atoms with van der Waals surface area (Å²) in [5.74, 6) is -1.98. The summed E-state index contributed by atoms with van der Waals surface area (Å²) in [5, 5.41) is 8.82. The van der Waals surface area contributed by atoms with Crippen molar-refractivity contribution in [1.29, 1.82) is 0 Å². The van der Waals surface area contributed by atoms with Gasteiger partial charge < -0.3 is 14.9 Å². The molecular weight excluding hydrogens is 224 g/mol. The maximum atomic E-state index is 11.8. The number of carbonyl (C=O) groups is 3. The van der Waals surface area contributed by atoms with Crippen molar-refractivity contribution < 1.29 is 19.5 Å². The van der Waals surface area contributed by atoms with Crippen LogP contribution in [0.2, 0.25) is 0 Å². The van der Waals surface area contributed by atoms with Crippen LogP contribution in [0, 0.1) is 5.92 Å². The Balaban J connectivity index is 1.88. The van der Waals surface area contributed by atoms with E-state index in [1.807, 2.05) is 0 Å². The third-order valence-corrected chi connectivity index (χ3v) is 3.38. The molecule has 1 heterocycles. The van der Waals surface area contributed by atoms with Gasteiger partial charge >= 0.3 is 5.97 Å². The Morgan fingerprint density at radius 1 is 1.47 bits per heavy atom. The summed E-state index contributed by atoms with van der Waals surface area (Å²) in [4.78, 5) is 37.1. The molecule has 17 heavy (non-hydrogen) atoms. The lowest BCUT2D eigenvalue weighted by atomic mass is 10.1. The summed E-state index contributed by atoms with van der Waals surface area (Å²) in [7, 11) is 1.73. The summed E-state index contributed by atoms with van der Waals surface area (Å²) in [5.41, 5.74) is 0. The lowest BCUT2D eigenvalue weighted by molar-refractivity contribution is -0.141. The first-order valence-corrected chi connectivity index (χ1v) is 5.75. The molecule has 2 rings (SSSR count). The SMILES string of the molecule is CN(C(=O)CN1CC(C(=O)O)CC1=O)C1CC1. The third kappa shape index (κ3) is 2.57. The molecular formula is C11H16N2O4. The lowest BCUT2D eigenvalue weighted by Gasteiger charge is -2.21. The van der Waals surface area contributed by atoms with Crippen LogP contribution in [-0.2, 0) is 14.4 Å². The first-order valence-electron chi connectivity index (χ1n) is 5.75. The van der Waals surface area contributed by atoms with Crippen LogP contribution in [0.3, 0.4) is 0 Å². The number of hydrogen-bond donors (Lipinski definition) is 1. The Hall–Kier alpha value is -1.59. The van der Waals surface area contributed by atoms with E-state index in [0.717, 1.165) is 12.8 Å². The Bertz CT molecular complexity index is 364. The molecule has 6 nitrogen and oxygen atoms in total. The molecule has 1 aliphatic carbocycles. The fourth-order valence-corrected chi connectivity index (χ4v) is 2.03. The Kier molecular flexibility index (Phi) is 3.04. The van der Waals surface area contributed by atoms with Crippen molar-refractivity contribution in [1.82, 2.24) is 9.80 Å². The second-order valence-electron chi connectivity index (χ2n) is 4.75. The topological polar surface area (TPSA) is 77.9 Å². The van der Waals surface area contributed by atoms with Crippen molar-refractivity contribution in [2.24, 2.45) is 5.92 Å². The summed E-state index contributed by atoms with van der Waals surface area (Å²) in [6.45, 7) is 0.161. The molecule has 0 radical (unpaired) electrons. The molecule has 2 fully saturated rings. The molecule has 1 N–H and O–H groups in total. The number of amides is 2. The highest BCUT2D eigenvalue weighted by atomic mass is 16.4. The zero-order valence-corrected chi connectivity index (χ0v) is 9.76. The highest BCUT2D eigenvalue weighted by molar-refractivity contribution is 5.89. The minimum Gasteiger partial charge on any atom is -0.481 e. The predicted octanol–water partition coefficient (Wildman–Crippen LogP) is -0.460. The van der Waals surface area contributed by atoms with Gasteiger partial charge in [0.15, 0.2) is 0 Å². The van der Waals surface area contributed by atoms with E-state index in [4.69, 9.17) is 5.11 Å². The maximum absolute atomic E-state index is 11.8. The quantitative estimate of drug-likeness (QED) is 0.721. The van der Waals surface area contributed by atoms with Gasteiger partial charge in [0, 0.05) is 26.1 Å². The smallest absolute Gasteiger partial charge is 0.308 e. The van der Waals surface area contributed by atoms with E-state index in [0.29, 0.717) is 6.04 Å². The predicted molar refractivity (Wildman–Crippen MR) is 58.1 cm³/mol. The molecule has 0 aromatic heterocycles. The van der Waals surface area contributed by atoms with E-state index in [-0.39, 0.29) is 31.3 Å². The molecule has 0 aromatic rings. The van der Waals surface area contributed by atoms with Crippen LogP contribution in [0.25, 0.3) is 0 Å². The second-order valence-corrected chi connectivity index (χ2v) is 4.75. The number of carboxylic acid groups (broad SMARTS) is 1. The number of nitrogens with zero attached hydrogens (tertiary/aromatic N) is 2. The van der Waals surface area contributed by atoms with E-state index < -0.39 is 11.9 Å². The summed E-state index contributed by atoms with van der Waals surface area (Å²) < 4.78 is 0. The van der Waals surface area contributed by atoms with Crippen molar-refractivity contribution in [3.8, 4) is 0 Å². The highest BCUT2D eigenvalue weighted by Gasteiger charge is 2.37. The molecule has 0 bridgehead atoms. The standard InChI is InChI=1S/C11H16N2O4/c1-12(8-2-3-8)10(15)6-13-5-7(11(16)17)4-9(13)14/h7-8H,2-6H2,1H3,(H,16,17). The number of likely N-dealkylation sites (N-methyl/N-ethyl adjacent to an activating group) is 1. The molecule has 1 saturated heterocycles. The van der Waals surface area contributed by atoms with Gasteiger partial charge in [0.25, 0.3) is 0 Å². The van der Waals surface area contributed by atoms with Gasteiger partial charge in [0.1, 0.15) is 0 Å². The normalized spacial score (nSPS) is 23.9. The van der Waals surface area contributed by atoms with Crippen LogP contribution in [0.4, 0.5) is 0 Å². The van der Waals surface area contributed by atoms with Crippen molar-refractivity contribution in [3.05, 3.63) is 0 Å². The molecule has 1 unspecified atom stereocenters. The Labute approximate surface area is 99.2 Å². The molecule has 1 atom stereocenters. The fourth-order valence-electron chi connectivity index (χ4n) is 2.03. The number of carboxylic acids is 1. The maximum Gasteiger partial charge on any atom is 0.308 e. The minimum atomic E-state index is -0.969. The Morgan fingerprint density at radius 3 is 2.59 bits per heavy atom. The van der Waals surface area contributed by atoms with Gasteiger partial charge in [-0.25, -0.2) is 0 Å². The molecule has 1 saturated carbocycles. The van der Waals surface area contributed by atoms with Crippen LogP contribution in [0.5, 0.6) is 0 Å². The van der Waals surface area contributed by atoms with Crippen molar-refractivity contribution in [3.63, 3.8) is 0 Å². The molecule has 0 spiro atoms. The van der Waals surface area contributed by atoms with Crippen molar-refractivity contribution in [2.75, 3.05) is 20.1 Å². The first-order chi connectivity index (χ1) is 7.99. The van der Waals surface area contributed by atoms with E-state index in [1.165, 1.54) is 4.90 Å². The van der Waals surface area contributed by atoms with E-state index in [1.54, 1.807) is 11.9 Å². The number of hydrogen-bond acceptors (Lipinski definition) is 3. The summed E-state index contributed by atoms with van der Waals surface area (Å²) in [6, 6.07) is 0.315. The van der Waals surface area contributed by atoms with Crippen molar-refractivity contribution >= 4 is 17.8 Å². The highest BCUT2D eigenvalue weighted by Crippen LogP contribution is 2.26. The largest absolute Gasteiger partial charge is 0.481 e. The lowest BCUT2D eigenvalue weighted by Crippen LogP contribution is -2.40. The molecule has 2 amide bonds. The van der Waals surface area contributed by atoms with Crippen LogP contribution in [-0.4, -0.2) is 58.9 Å². The van der Waals surface area contributed by atoms with Crippen LogP contribution in [0.15, 0.2) is 0 Å². The summed E-state index contributed by atoms with van der Waals surface area (Å²) >= 11 is 0. The number of rotatable bonds is 4. The van der Waals surface area contributed by atoms with Gasteiger partial charge in [-0.15, -0.1) is 0 Å². The zero-order valence-electron chi connectivity index (χ0n) is 9.76. The number of aliphatic carboxylic acids is 1. The van der Waals surface area contributed by atoms with Gasteiger partial charge in [0.05, 0.1) is 12.5 Å². The third-order valence-electron chi connectivity index (χ3n) is 3.38. The summed E-state index contributed by atoms with van der Waals surface area (Å²) in [6.07, 6.45) is 2.05. The van der Waals surface area contributed by atoms with E-state index in [2.05, 4.69) is 0 Å². The molecule has 1 aliphatic heterocycles. The molecule has 6 heteroatoms. The monoisotopic (exact) mass is 240 g/mol. The van der Waals surface area contributed by atoms with Crippen LogP contribution >= 0.6 is 0 Å². The second kappa shape index (κ2) is 4.35. The van der Waals surface area contributed by atoms with Gasteiger partial charge in [-0.2, -0.15) is 0 Å². The average molecular weight is 240 g/mol. The zero-order chi connectivity index (χ0) is 12.6. The van der Waals surface area contributed by atoms with Crippen LogP contribution in [0.1, 0.15) is 19.3 Å². The average Bonchev–Trinajstić information content (AvgIpc) is 3.04. The molecule has 2 aliphatic rings. The molecule has 0 aromatic carbocycles. The van der Waals surface area contributed by atoms with Crippen molar-refractivity contribution in [2.45, 2.75) is 25.3 Å². The van der Waals surface area contributed by atoms with Gasteiger partial charge in [-0.1, -0.05) is 0 Å². The minimum absolute atomic E-state index is 0.00954. The van der Waals surface area contributed by atoms with Crippen LogP contribution < -0.4 is 0 Å². The van der Waals surface area contributed by atoms with Gasteiger partial charge in [-0.3, -0.25) is 14.4 Å². The number of likely N-dealkylation sites (tertiary alicyclic amines) is 1. The van der Waals surface area contributed by atoms with Gasteiger partial charge in [0.2, 0.25) is 11.8 Å². The van der Waals surface area contributed by atoms with Gasteiger partial charge in [-0.05, 0) is 12.8 Å². The first kappa shape index (κ1) is 11.9.